The minimum absolute atomic E-state index is 0.113. The van der Waals surface area contributed by atoms with Crippen molar-refractivity contribution in [2.75, 3.05) is 26.2 Å². The highest BCUT2D eigenvalue weighted by atomic mass is 19.3. The quantitative estimate of drug-likeness (QED) is 0.247. The molecule has 2 aliphatic heterocycles. The van der Waals surface area contributed by atoms with E-state index in [0.717, 1.165) is 17.5 Å². The van der Waals surface area contributed by atoms with Gasteiger partial charge in [-0.05, 0) is 57.1 Å². The topological polar surface area (TPSA) is 126 Å². The maximum absolute atomic E-state index is 13.8. The highest BCUT2D eigenvalue weighted by Crippen LogP contribution is 2.50. The summed E-state index contributed by atoms with van der Waals surface area (Å²) in [5.74, 6) is -3.92. The van der Waals surface area contributed by atoms with Gasteiger partial charge in [0.1, 0.15) is 18.2 Å². The van der Waals surface area contributed by atoms with Crippen molar-refractivity contribution in [2.45, 2.75) is 63.5 Å². The van der Waals surface area contributed by atoms with Crippen molar-refractivity contribution in [3.05, 3.63) is 47.0 Å². The summed E-state index contributed by atoms with van der Waals surface area (Å²) in [7, 11) is -1.81. The summed E-state index contributed by atoms with van der Waals surface area (Å²) in [6, 6.07) is 8.96. The zero-order valence-corrected chi connectivity index (χ0v) is 22.4. The van der Waals surface area contributed by atoms with E-state index in [0.29, 0.717) is 6.54 Å². The maximum atomic E-state index is 13.8. The Kier molecular flexibility index (Phi) is 8.35. The number of carbonyl (C=O) groups excluding carboxylic acids is 2. The summed E-state index contributed by atoms with van der Waals surface area (Å²) in [6.45, 7) is 5.38. The van der Waals surface area contributed by atoms with Crippen LogP contribution in [0.4, 0.5) is 13.6 Å². The van der Waals surface area contributed by atoms with Crippen LogP contribution in [-0.2, 0) is 16.0 Å². The van der Waals surface area contributed by atoms with Gasteiger partial charge in [0.15, 0.2) is 0 Å². The van der Waals surface area contributed by atoms with E-state index in [1.165, 1.54) is 11.0 Å². The fourth-order valence-corrected chi connectivity index (χ4v) is 5.55. The lowest BCUT2D eigenvalue weighted by Crippen LogP contribution is -2.49. The smallest absolute Gasteiger partial charge is 0.447 e. The molecule has 0 radical (unpaired) electrons. The van der Waals surface area contributed by atoms with Crippen LogP contribution in [0.5, 0.6) is 0 Å². The molecule has 0 aromatic heterocycles. The van der Waals surface area contributed by atoms with Gasteiger partial charge in [-0.1, -0.05) is 29.8 Å². The summed E-state index contributed by atoms with van der Waals surface area (Å²) in [5, 5.41) is 31.8. The molecule has 1 saturated carbocycles. The highest BCUT2D eigenvalue weighted by molar-refractivity contribution is 6.43. The first kappa shape index (κ1) is 29.0. The molecule has 2 amide bonds. The van der Waals surface area contributed by atoms with Crippen molar-refractivity contribution in [1.29, 1.82) is 5.26 Å². The van der Waals surface area contributed by atoms with E-state index in [1.54, 1.807) is 18.7 Å². The van der Waals surface area contributed by atoms with Crippen LogP contribution in [0.15, 0.2) is 35.9 Å². The van der Waals surface area contributed by atoms with Gasteiger partial charge in [0.05, 0.1) is 18.5 Å². The first-order chi connectivity index (χ1) is 18.3. The number of alkyl carbamates (subject to hydrolysis) is 1. The first-order valence-electron chi connectivity index (χ1n) is 13.2. The number of halogens is 2. The Labute approximate surface area is 227 Å². The molecule has 4 atom stereocenters. The van der Waals surface area contributed by atoms with Gasteiger partial charge in [-0.2, -0.15) is 5.26 Å². The molecule has 0 spiro atoms. The molecule has 2 saturated heterocycles. The lowest BCUT2D eigenvalue weighted by atomic mass is 9.76. The van der Waals surface area contributed by atoms with Crippen molar-refractivity contribution in [2.24, 2.45) is 11.8 Å². The molecule has 1 aromatic carbocycles. The number of alkyl halides is 2. The fourth-order valence-electron chi connectivity index (χ4n) is 5.55. The number of likely N-dealkylation sites (tertiary alicyclic amines) is 2. The number of nitrogens with zero attached hydrogens (tertiary/aromatic N) is 3. The Bertz CT molecular complexity index is 1150. The molecule has 210 valence electrons. The van der Waals surface area contributed by atoms with Gasteiger partial charge >= 0.3 is 13.2 Å². The molecule has 4 rings (SSSR count). The molecule has 39 heavy (non-hydrogen) atoms. The minimum Gasteiger partial charge on any atom is -0.447 e. The zero-order valence-electron chi connectivity index (χ0n) is 22.4. The largest absolute Gasteiger partial charge is 0.475 e. The van der Waals surface area contributed by atoms with Gasteiger partial charge < -0.3 is 25.0 Å². The van der Waals surface area contributed by atoms with Gasteiger partial charge in [0.2, 0.25) is 0 Å². The Morgan fingerprint density at radius 3 is 2.62 bits per heavy atom. The number of hydrogen-bond acceptors (Lipinski definition) is 7. The summed E-state index contributed by atoms with van der Waals surface area (Å²) in [4.78, 5) is 29.0. The molecule has 0 unspecified atom stereocenters. The second-order valence-electron chi connectivity index (χ2n) is 11.5. The molecule has 2 heterocycles. The SMILES string of the molecule is Cc1ccc(C[C@H](NC(=O)OC[C@H]2[C@H]3C[C@H]3CN2C(=O)/C(C#N)=C/C(C)(C)N2CCC(F)(F)C2)B(O)O)cc1. The van der Waals surface area contributed by atoms with Crippen molar-refractivity contribution in [3.63, 3.8) is 0 Å². The van der Waals surface area contributed by atoms with E-state index in [-0.39, 0.29) is 43.4 Å². The average Bonchev–Trinajstić information content (AvgIpc) is 3.39. The number of nitrogens with one attached hydrogen (secondary N) is 1. The molecule has 3 aliphatic rings. The van der Waals surface area contributed by atoms with Gasteiger partial charge in [-0.25, -0.2) is 13.6 Å². The van der Waals surface area contributed by atoms with Crippen LogP contribution in [-0.4, -0.2) is 88.7 Å². The third kappa shape index (κ3) is 6.96. The standard InChI is InChI=1S/C27H35BF2N4O5/c1-17-4-6-18(7-5-17)10-23(28(37)38)32-25(36)39-15-22-21-11-19(21)14-34(22)24(35)20(13-31)12-26(2,3)33-9-8-27(29,30)16-33/h4-7,12,19,21-23,37-38H,8-11,14-16H2,1-3H3,(H,32,36)/b20-12+/t19-,21-,22-,23-/m0/s1. The number of ether oxygens (including phenoxy) is 1. The number of hydrogen-bond donors (Lipinski definition) is 3. The molecule has 3 N–H and O–H groups in total. The average molecular weight is 544 g/mol. The first-order valence-corrected chi connectivity index (χ1v) is 13.2. The molecule has 1 aliphatic carbocycles. The van der Waals surface area contributed by atoms with Crippen molar-refractivity contribution in [3.8, 4) is 6.07 Å². The number of rotatable bonds is 9. The minimum atomic E-state index is -2.80. The van der Waals surface area contributed by atoms with E-state index in [1.807, 2.05) is 37.3 Å². The summed E-state index contributed by atoms with van der Waals surface area (Å²) in [5.41, 5.74) is 0.806. The normalized spacial score (nSPS) is 25.0. The van der Waals surface area contributed by atoms with Crippen molar-refractivity contribution < 1.29 is 33.2 Å². The Morgan fingerprint density at radius 1 is 1.33 bits per heavy atom. The van der Waals surface area contributed by atoms with Crippen molar-refractivity contribution in [1.82, 2.24) is 15.1 Å². The third-order valence-electron chi connectivity index (χ3n) is 8.02. The van der Waals surface area contributed by atoms with E-state index in [9.17, 15) is 33.7 Å². The second-order valence-corrected chi connectivity index (χ2v) is 11.5. The van der Waals surface area contributed by atoms with Crippen LogP contribution in [0.25, 0.3) is 0 Å². The lowest BCUT2D eigenvalue weighted by Gasteiger charge is -2.33. The van der Waals surface area contributed by atoms with Gasteiger partial charge in [-0.3, -0.25) is 9.69 Å². The number of piperidine rings is 1. The predicted octanol–water partition coefficient (Wildman–Crippen LogP) is 2.06. The monoisotopic (exact) mass is 544 g/mol. The van der Waals surface area contributed by atoms with E-state index in [4.69, 9.17) is 4.74 Å². The van der Waals surface area contributed by atoms with Gasteiger partial charge in [0, 0.05) is 25.0 Å². The highest BCUT2D eigenvalue weighted by Gasteiger charge is 2.55. The molecular formula is C27H35BF2N4O5. The number of fused-ring (bicyclic) bond motifs is 1. The predicted molar refractivity (Wildman–Crippen MR) is 139 cm³/mol. The maximum Gasteiger partial charge on any atom is 0.475 e. The van der Waals surface area contributed by atoms with Gasteiger partial charge in [-0.15, -0.1) is 0 Å². The van der Waals surface area contributed by atoms with Gasteiger partial charge in [0.25, 0.3) is 11.8 Å². The van der Waals surface area contributed by atoms with Crippen molar-refractivity contribution >= 4 is 19.1 Å². The van der Waals surface area contributed by atoms with Crippen LogP contribution >= 0.6 is 0 Å². The second kappa shape index (κ2) is 11.2. The van der Waals surface area contributed by atoms with Crippen LogP contribution in [0, 0.1) is 30.1 Å². The summed E-state index contributed by atoms with van der Waals surface area (Å²) >= 11 is 0. The number of nitriles is 1. The molecule has 1 aromatic rings. The number of benzene rings is 1. The molecule has 9 nitrogen and oxygen atoms in total. The fraction of sp³-hybridized carbons (Fsp3) is 0.593. The van der Waals surface area contributed by atoms with Crippen LogP contribution in [0.3, 0.4) is 0 Å². The van der Waals surface area contributed by atoms with Crippen LogP contribution in [0.2, 0.25) is 0 Å². The van der Waals surface area contributed by atoms with E-state index >= 15 is 0 Å². The van der Waals surface area contributed by atoms with E-state index < -0.39 is 49.1 Å². The number of amides is 2. The lowest BCUT2D eigenvalue weighted by molar-refractivity contribution is -0.129. The van der Waals surface area contributed by atoms with E-state index in [2.05, 4.69) is 5.32 Å². The number of carbonyl (C=O) groups is 2. The Morgan fingerprint density at radius 2 is 2.03 bits per heavy atom. The third-order valence-corrected chi connectivity index (χ3v) is 8.02. The molecular weight excluding hydrogens is 509 g/mol. The van der Waals surface area contributed by atoms with Crippen LogP contribution < -0.4 is 5.32 Å². The Balaban J connectivity index is 1.37. The molecule has 0 bridgehead atoms. The Hall–Kier alpha value is -3.01. The van der Waals surface area contributed by atoms with Crippen LogP contribution in [0.1, 0.15) is 37.8 Å². The molecule has 12 heteroatoms. The molecule has 3 fully saturated rings. The number of aryl methyl sites for hydroxylation is 1. The summed E-state index contributed by atoms with van der Waals surface area (Å²) < 4.78 is 32.9. The zero-order chi connectivity index (χ0) is 28.5. The summed E-state index contributed by atoms with van der Waals surface area (Å²) in [6.07, 6.45) is 1.40.